The van der Waals surface area contributed by atoms with E-state index in [0.29, 0.717) is 6.54 Å². The summed E-state index contributed by atoms with van der Waals surface area (Å²) in [5.74, 6) is -0.464. The van der Waals surface area contributed by atoms with Crippen LogP contribution in [0.2, 0.25) is 0 Å². The zero-order valence-electron chi connectivity index (χ0n) is 10.3. The third kappa shape index (κ3) is 2.34. The Hall–Kier alpha value is -1.92. The lowest BCUT2D eigenvalue weighted by Crippen LogP contribution is -2.43. The van der Waals surface area contributed by atoms with Crippen LogP contribution in [0.4, 0.5) is 5.82 Å². The molecule has 0 aliphatic carbocycles. The van der Waals surface area contributed by atoms with Crippen LogP contribution in [0.5, 0.6) is 0 Å². The molecule has 0 unspecified atom stereocenters. The molecule has 1 aliphatic heterocycles. The van der Waals surface area contributed by atoms with Crippen molar-refractivity contribution in [2.24, 2.45) is 0 Å². The Labute approximate surface area is 104 Å². The van der Waals surface area contributed by atoms with E-state index in [1.54, 1.807) is 4.90 Å². The molecule has 98 valence electrons. The summed E-state index contributed by atoms with van der Waals surface area (Å²) in [4.78, 5) is 24.0. The van der Waals surface area contributed by atoms with Gasteiger partial charge in [-0.1, -0.05) is 12.0 Å². The van der Waals surface area contributed by atoms with E-state index in [2.05, 4.69) is 10.2 Å². The number of nitrogens with one attached hydrogen (secondary N) is 1. The second kappa shape index (κ2) is 5.16. The molecule has 0 radical (unpaired) electrons. The molecule has 0 spiro atoms. The maximum atomic E-state index is 12.2. The number of aromatic amines is 1. The van der Waals surface area contributed by atoms with Gasteiger partial charge >= 0.3 is 5.82 Å². The van der Waals surface area contributed by atoms with Crippen LogP contribution >= 0.6 is 0 Å². The highest BCUT2D eigenvalue weighted by atomic mass is 16.6. The standard InChI is InChI=1S/C11H16N4O3/c1-2-8-5-3-4-6-14(8)11(16)9-7-10(13-12-9)15(17)18/h7-8H,2-6H2,1H3,(H,12,13)/t8-/m0/s1. The number of aromatic nitrogens is 2. The smallest absolute Gasteiger partial charge is 0.343 e. The van der Waals surface area contributed by atoms with Gasteiger partial charge in [0.05, 0.1) is 6.07 Å². The second-order valence-corrected chi connectivity index (χ2v) is 4.45. The van der Waals surface area contributed by atoms with E-state index in [1.807, 2.05) is 6.92 Å². The van der Waals surface area contributed by atoms with E-state index in [9.17, 15) is 14.9 Å². The summed E-state index contributed by atoms with van der Waals surface area (Å²) >= 11 is 0. The van der Waals surface area contributed by atoms with Gasteiger partial charge < -0.3 is 15.0 Å². The normalized spacial score (nSPS) is 19.8. The van der Waals surface area contributed by atoms with Crippen molar-refractivity contribution in [1.82, 2.24) is 15.1 Å². The molecule has 2 heterocycles. The fourth-order valence-corrected chi connectivity index (χ4v) is 2.35. The molecule has 7 nitrogen and oxygen atoms in total. The number of carbonyl (C=O) groups is 1. The van der Waals surface area contributed by atoms with Gasteiger partial charge in [-0.25, -0.2) is 0 Å². The summed E-state index contributed by atoms with van der Waals surface area (Å²) in [7, 11) is 0. The molecular formula is C11H16N4O3. The van der Waals surface area contributed by atoms with Gasteiger partial charge in [-0.05, 0) is 30.6 Å². The molecule has 2 rings (SSSR count). The van der Waals surface area contributed by atoms with Crippen LogP contribution in [0.1, 0.15) is 43.1 Å². The third-order valence-corrected chi connectivity index (χ3v) is 3.34. The first-order valence-electron chi connectivity index (χ1n) is 6.14. The van der Waals surface area contributed by atoms with Gasteiger partial charge in [-0.15, -0.1) is 5.10 Å². The lowest BCUT2D eigenvalue weighted by atomic mass is 9.99. The van der Waals surface area contributed by atoms with Gasteiger partial charge in [0, 0.05) is 12.6 Å². The number of carbonyl (C=O) groups excluding carboxylic acids is 1. The number of nitro groups is 1. The highest BCUT2D eigenvalue weighted by Crippen LogP contribution is 2.22. The zero-order valence-corrected chi connectivity index (χ0v) is 10.3. The van der Waals surface area contributed by atoms with Crippen LogP contribution in [-0.4, -0.2) is 38.5 Å². The van der Waals surface area contributed by atoms with Crippen LogP contribution in [-0.2, 0) is 0 Å². The highest BCUT2D eigenvalue weighted by Gasteiger charge is 2.29. The molecule has 0 bridgehead atoms. The summed E-state index contributed by atoms with van der Waals surface area (Å²) in [5, 5.41) is 16.5. The van der Waals surface area contributed by atoms with Gasteiger partial charge in [0.1, 0.15) is 0 Å². The van der Waals surface area contributed by atoms with E-state index in [4.69, 9.17) is 0 Å². The second-order valence-electron chi connectivity index (χ2n) is 4.45. The average molecular weight is 252 g/mol. The Morgan fingerprint density at radius 3 is 3.06 bits per heavy atom. The Morgan fingerprint density at radius 1 is 1.67 bits per heavy atom. The molecule has 1 aromatic rings. The fraction of sp³-hybridized carbons (Fsp3) is 0.636. The van der Waals surface area contributed by atoms with Gasteiger partial charge in [0.15, 0.2) is 5.69 Å². The SMILES string of the molecule is CC[C@H]1CCCCN1C(=O)c1cc([N+](=O)[O-])[nH]n1. The van der Waals surface area contributed by atoms with Gasteiger partial charge in [-0.3, -0.25) is 4.79 Å². The van der Waals surface area contributed by atoms with Crippen molar-refractivity contribution in [3.63, 3.8) is 0 Å². The Balaban J connectivity index is 2.15. The minimum Gasteiger partial charge on any atom is -0.358 e. The molecule has 1 aliphatic rings. The van der Waals surface area contributed by atoms with E-state index < -0.39 is 4.92 Å². The van der Waals surface area contributed by atoms with Crippen molar-refractivity contribution in [1.29, 1.82) is 0 Å². The largest absolute Gasteiger partial charge is 0.358 e. The number of likely N-dealkylation sites (tertiary alicyclic amines) is 1. The average Bonchev–Trinajstić information content (AvgIpc) is 2.87. The predicted molar refractivity (Wildman–Crippen MR) is 64.2 cm³/mol. The molecule has 1 N–H and O–H groups in total. The lowest BCUT2D eigenvalue weighted by Gasteiger charge is -2.34. The van der Waals surface area contributed by atoms with Crippen LogP contribution in [0.3, 0.4) is 0 Å². The molecule has 1 aromatic heterocycles. The molecule has 0 aromatic carbocycles. The number of piperidine rings is 1. The minimum atomic E-state index is -0.586. The monoisotopic (exact) mass is 252 g/mol. The molecule has 0 saturated carbocycles. The summed E-state index contributed by atoms with van der Waals surface area (Å²) in [6.07, 6.45) is 4.00. The number of H-pyrrole nitrogens is 1. The summed E-state index contributed by atoms with van der Waals surface area (Å²) in [6.45, 7) is 2.75. The summed E-state index contributed by atoms with van der Waals surface area (Å²) in [5.41, 5.74) is 0.127. The predicted octanol–water partition coefficient (Wildman–Crippen LogP) is 1.72. The van der Waals surface area contributed by atoms with Gasteiger partial charge in [0.25, 0.3) is 5.91 Å². The van der Waals surface area contributed by atoms with E-state index in [-0.39, 0.29) is 23.5 Å². The van der Waals surface area contributed by atoms with Crippen molar-refractivity contribution >= 4 is 11.7 Å². The van der Waals surface area contributed by atoms with Crippen molar-refractivity contribution in [3.8, 4) is 0 Å². The van der Waals surface area contributed by atoms with Crippen LogP contribution < -0.4 is 0 Å². The summed E-state index contributed by atoms with van der Waals surface area (Å²) < 4.78 is 0. The quantitative estimate of drug-likeness (QED) is 0.654. The first-order valence-corrected chi connectivity index (χ1v) is 6.14. The maximum Gasteiger partial charge on any atom is 0.343 e. The van der Waals surface area contributed by atoms with Gasteiger partial charge in [-0.2, -0.15) is 0 Å². The van der Waals surface area contributed by atoms with Crippen molar-refractivity contribution in [2.45, 2.75) is 38.6 Å². The number of nitrogens with zero attached hydrogens (tertiary/aromatic N) is 3. The van der Waals surface area contributed by atoms with Crippen molar-refractivity contribution in [3.05, 3.63) is 21.9 Å². The minimum absolute atomic E-state index is 0.127. The first-order chi connectivity index (χ1) is 8.63. The molecular weight excluding hydrogens is 236 g/mol. The van der Waals surface area contributed by atoms with E-state index in [1.165, 1.54) is 6.07 Å². The van der Waals surface area contributed by atoms with Crippen LogP contribution in [0, 0.1) is 10.1 Å². The first kappa shape index (κ1) is 12.5. The molecule has 18 heavy (non-hydrogen) atoms. The number of rotatable bonds is 3. The molecule has 1 atom stereocenters. The van der Waals surface area contributed by atoms with E-state index >= 15 is 0 Å². The molecule has 1 saturated heterocycles. The van der Waals surface area contributed by atoms with Gasteiger partial charge in [0.2, 0.25) is 0 Å². The Bertz CT molecular complexity index is 457. The lowest BCUT2D eigenvalue weighted by molar-refractivity contribution is -0.389. The number of hydrogen-bond donors (Lipinski definition) is 1. The fourth-order valence-electron chi connectivity index (χ4n) is 2.35. The number of amides is 1. The molecule has 1 fully saturated rings. The number of hydrogen-bond acceptors (Lipinski definition) is 4. The summed E-state index contributed by atoms with van der Waals surface area (Å²) in [6, 6.07) is 1.42. The molecule has 7 heteroatoms. The third-order valence-electron chi connectivity index (χ3n) is 3.34. The van der Waals surface area contributed by atoms with Crippen molar-refractivity contribution in [2.75, 3.05) is 6.54 Å². The van der Waals surface area contributed by atoms with Crippen LogP contribution in [0.15, 0.2) is 6.07 Å². The Kier molecular flexibility index (Phi) is 3.59. The molecule has 1 amide bonds. The Morgan fingerprint density at radius 2 is 2.44 bits per heavy atom. The van der Waals surface area contributed by atoms with E-state index in [0.717, 1.165) is 25.7 Å². The maximum absolute atomic E-state index is 12.2. The van der Waals surface area contributed by atoms with Crippen LogP contribution in [0.25, 0.3) is 0 Å². The highest BCUT2D eigenvalue weighted by molar-refractivity contribution is 5.93. The van der Waals surface area contributed by atoms with Crippen molar-refractivity contribution < 1.29 is 9.72 Å². The zero-order chi connectivity index (χ0) is 13.1. The topological polar surface area (TPSA) is 92.1 Å².